The molecule has 0 unspecified atom stereocenters. The number of hydrogen-bond donors (Lipinski definition) is 1. The Hall–Kier alpha value is -3.71. The maximum atomic E-state index is 13.2. The summed E-state index contributed by atoms with van der Waals surface area (Å²) in [7, 11) is 0. The lowest BCUT2D eigenvalue weighted by molar-refractivity contribution is -0.131. The number of aryl methyl sites for hydroxylation is 2. The Bertz CT molecular complexity index is 1520. The highest BCUT2D eigenvalue weighted by Crippen LogP contribution is 2.38. The Labute approximate surface area is 214 Å². The summed E-state index contributed by atoms with van der Waals surface area (Å²) in [5, 5.41) is 8.70. The molecule has 1 saturated heterocycles. The van der Waals surface area contributed by atoms with E-state index in [4.69, 9.17) is 9.51 Å². The van der Waals surface area contributed by atoms with Crippen molar-refractivity contribution in [3.05, 3.63) is 82.0 Å². The Kier molecular flexibility index (Phi) is 5.93. The molecule has 182 valence electrons. The first-order chi connectivity index (χ1) is 17.6. The summed E-state index contributed by atoms with van der Waals surface area (Å²) in [6.07, 6.45) is 2.30. The van der Waals surface area contributed by atoms with Gasteiger partial charge in [0.25, 0.3) is 0 Å². The number of thiazole rings is 1. The van der Waals surface area contributed by atoms with Gasteiger partial charge in [-0.25, -0.2) is 4.98 Å². The summed E-state index contributed by atoms with van der Waals surface area (Å²) < 4.78 is 5.55. The van der Waals surface area contributed by atoms with Gasteiger partial charge in [-0.3, -0.25) is 4.79 Å². The number of nitrogens with one attached hydrogen (secondary N) is 1. The fourth-order valence-corrected chi connectivity index (χ4v) is 6.24. The van der Waals surface area contributed by atoms with E-state index in [1.54, 1.807) is 11.3 Å². The van der Waals surface area contributed by atoms with Gasteiger partial charge in [-0.15, -0.1) is 11.3 Å². The van der Waals surface area contributed by atoms with Crippen molar-refractivity contribution in [3.63, 3.8) is 0 Å². The van der Waals surface area contributed by atoms with Crippen molar-refractivity contribution in [1.82, 2.24) is 20.0 Å². The molecule has 4 heterocycles. The van der Waals surface area contributed by atoms with Gasteiger partial charge in [-0.1, -0.05) is 53.7 Å². The fraction of sp³-hybridized carbons (Fsp3) is 0.276. The number of para-hydroxylation sites is 1. The Morgan fingerprint density at radius 3 is 2.64 bits per heavy atom. The number of rotatable bonds is 5. The molecule has 0 saturated carbocycles. The molecule has 5 aromatic rings. The maximum Gasteiger partial charge on any atom is 0.227 e. The van der Waals surface area contributed by atoms with Crippen LogP contribution in [0.4, 0.5) is 0 Å². The van der Waals surface area contributed by atoms with Gasteiger partial charge in [-0.05, 0) is 38.3 Å². The zero-order valence-corrected chi connectivity index (χ0v) is 21.3. The number of fused-ring (bicyclic) bond motifs is 1. The molecule has 0 atom stereocenters. The quantitative estimate of drug-likeness (QED) is 0.301. The minimum absolute atomic E-state index is 0.203. The van der Waals surface area contributed by atoms with Crippen LogP contribution in [-0.4, -0.2) is 39.0 Å². The molecule has 1 amide bonds. The first-order valence-electron chi connectivity index (χ1n) is 12.4. The van der Waals surface area contributed by atoms with Crippen molar-refractivity contribution in [2.45, 2.75) is 39.0 Å². The third kappa shape index (κ3) is 4.13. The molecule has 3 aromatic heterocycles. The maximum absolute atomic E-state index is 13.2. The van der Waals surface area contributed by atoms with E-state index < -0.39 is 0 Å². The SMILES string of the molecule is Cc1[nH]c2ccccc2c1CC(=O)N1CCC(c2nc(-c3c(-c4ccccc4)noc3C)cs2)CC1. The highest BCUT2D eigenvalue weighted by molar-refractivity contribution is 7.10. The number of nitrogens with zero attached hydrogens (tertiary/aromatic N) is 3. The van der Waals surface area contributed by atoms with E-state index in [-0.39, 0.29) is 5.91 Å². The van der Waals surface area contributed by atoms with Crippen molar-refractivity contribution < 1.29 is 9.32 Å². The number of carbonyl (C=O) groups excluding carboxylic acids is 1. The van der Waals surface area contributed by atoms with Gasteiger partial charge < -0.3 is 14.4 Å². The zero-order chi connectivity index (χ0) is 24.6. The standard InChI is InChI=1S/C29H28N4O2S/c1-18-23(22-10-6-7-11-24(22)30-18)16-26(34)33-14-12-21(13-15-33)29-31-25(17-36-29)27-19(2)35-32-28(27)20-8-4-3-5-9-20/h3-11,17,21,30H,12-16H2,1-2H3. The molecule has 1 fully saturated rings. The summed E-state index contributed by atoms with van der Waals surface area (Å²) in [4.78, 5) is 23.6. The van der Waals surface area contributed by atoms with Crippen LogP contribution < -0.4 is 0 Å². The smallest absolute Gasteiger partial charge is 0.227 e. The molecule has 1 aliphatic rings. The van der Waals surface area contributed by atoms with Gasteiger partial charge in [-0.2, -0.15) is 0 Å². The van der Waals surface area contributed by atoms with Crippen LogP contribution in [-0.2, 0) is 11.2 Å². The van der Waals surface area contributed by atoms with Crippen LogP contribution in [0.1, 0.15) is 40.8 Å². The Balaban J connectivity index is 1.14. The molecule has 1 aliphatic heterocycles. The van der Waals surface area contributed by atoms with Gasteiger partial charge in [0.1, 0.15) is 11.5 Å². The first kappa shape index (κ1) is 22.7. The van der Waals surface area contributed by atoms with Gasteiger partial charge in [0, 0.05) is 46.5 Å². The van der Waals surface area contributed by atoms with Crippen molar-refractivity contribution in [1.29, 1.82) is 0 Å². The Morgan fingerprint density at radius 2 is 1.83 bits per heavy atom. The van der Waals surface area contributed by atoms with E-state index >= 15 is 0 Å². The van der Waals surface area contributed by atoms with E-state index in [1.165, 1.54) is 0 Å². The summed E-state index contributed by atoms with van der Waals surface area (Å²) in [6.45, 7) is 5.52. The fourth-order valence-electron chi connectivity index (χ4n) is 5.26. The topological polar surface area (TPSA) is 75.0 Å². The second kappa shape index (κ2) is 9.39. The predicted octanol–water partition coefficient (Wildman–Crippen LogP) is 6.51. The molecular weight excluding hydrogens is 468 g/mol. The Morgan fingerprint density at radius 1 is 1.08 bits per heavy atom. The van der Waals surface area contributed by atoms with Gasteiger partial charge in [0.05, 0.1) is 22.7 Å². The lowest BCUT2D eigenvalue weighted by Crippen LogP contribution is -2.38. The monoisotopic (exact) mass is 496 g/mol. The van der Waals surface area contributed by atoms with E-state index in [0.29, 0.717) is 12.3 Å². The van der Waals surface area contributed by atoms with Crippen LogP contribution in [0.2, 0.25) is 0 Å². The number of carbonyl (C=O) groups is 1. The lowest BCUT2D eigenvalue weighted by Gasteiger charge is -2.31. The number of likely N-dealkylation sites (tertiary alicyclic amines) is 1. The molecule has 36 heavy (non-hydrogen) atoms. The van der Waals surface area contributed by atoms with Crippen LogP contribution in [0, 0.1) is 13.8 Å². The molecule has 1 N–H and O–H groups in total. The van der Waals surface area contributed by atoms with E-state index in [9.17, 15) is 4.79 Å². The van der Waals surface area contributed by atoms with E-state index in [1.807, 2.05) is 54.3 Å². The summed E-state index contributed by atoms with van der Waals surface area (Å²) in [5.41, 5.74) is 7.02. The van der Waals surface area contributed by atoms with E-state index in [0.717, 1.165) is 81.4 Å². The molecule has 6 rings (SSSR count). The van der Waals surface area contributed by atoms with Crippen LogP contribution in [0.3, 0.4) is 0 Å². The molecule has 2 aromatic carbocycles. The molecular formula is C29H28N4O2S. The van der Waals surface area contributed by atoms with Gasteiger partial charge in [0.15, 0.2) is 0 Å². The second-order valence-corrected chi connectivity index (χ2v) is 10.4. The summed E-state index contributed by atoms with van der Waals surface area (Å²) >= 11 is 1.70. The van der Waals surface area contributed by atoms with Crippen molar-refractivity contribution in [3.8, 4) is 22.5 Å². The molecule has 0 radical (unpaired) electrons. The summed E-state index contributed by atoms with van der Waals surface area (Å²) in [5.74, 6) is 1.34. The minimum atomic E-state index is 0.203. The lowest BCUT2D eigenvalue weighted by atomic mass is 9.96. The minimum Gasteiger partial charge on any atom is -0.360 e. The third-order valence-corrected chi connectivity index (χ3v) is 8.25. The normalized spacial score (nSPS) is 14.6. The van der Waals surface area contributed by atoms with Crippen LogP contribution in [0.25, 0.3) is 33.4 Å². The van der Waals surface area contributed by atoms with Gasteiger partial charge >= 0.3 is 0 Å². The number of aromatic amines is 1. The zero-order valence-electron chi connectivity index (χ0n) is 20.5. The molecule has 7 heteroatoms. The second-order valence-electron chi connectivity index (χ2n) is 9.51. The predicted molar refractivity (Wildman–Crippen MR) is 143 cm³/mol. The average Bonchev–Trinajstić information content (AvgIpc) is 3.62. The first-order valence-corrected chi connectivity index (χ1v) is 13.3. The van der Waals surface area contributed by atoms with Crippen molar-refractivity contribution in [2.75, 3.05) is 13.1 Å². The number of hydrogen-bond acceptors (Lipinski definition) is 5. The molecule has 0 bridgehead atoms. The van der Waals surface area contributed by atoms with Gasteiger partial charge in [0.2, 0.25) is 5.91 Å². The third-order valence-electron chi connectivity index (χ3n) is 7.24. The highest BCUT2D eigenvalue weighted by Gasteiger charge is 2.28. The number of benzene rings is 2. The van der Waals surface area contributed by atoms with Crippen LogP contribution >= 0.6 is 11.3 Å². The highest BCUT2D eigenvalue weighted by atomic mass is 32.1. The van der Waals surface area contributed by atoms with Crippen LogP contribution in [0.5, 0.6) is 0 Å². The van der Waals surface area contributed by atoms with E-state index in [2.05, 4.69) is 34.6 Å². The molecule has 0 spiro atoms. The number of aromatic nitrogens is 3. The average molecular weight is 497 g/mol. The van der Waals surface area contributed by atoms with Crippen molar-refractivity contribution >= 4 is 28.1 Å². The number of amides is 1. The van der Waals surface area contributed by atoms with Crippen LogP contribution in [0.15, 0.2) is 64.5 Å². The molecule has 0 aliphatic carbocycles. The molecule has 6 nitrogen and oxygen atoms in total. The number of piperidine rings is 1. The number of H-pyrrole nitrogens is 1. The largest absolute Gasteiger partial charge is 0.360 e. The summed E-state index contributed by atoms with van der Waals surface area (Å²) in [6, 6.07) is 18.3. The van der Waals surface area contributed by atoms with Crippen molar-refractivity contribution in [2.24, 2.45) is 0 Å².